The highest BCUT2D eigenvalue weighted by Gasteiger charge is 2.40. The average Bonchev–Trinajstić information content (AvgIpc) is 2.99. The molecule has 3 nitrogen and oxygen atoms in total. The van der Waals surface area contributed by atoms with Gasteiger partial charge in [0.05, 0.1) is 21.2 Å². The van der Waals surface area contributed by atoms with E-state index in [-0.39, 0.29) is 10.7 Å². The predicted octanol–water partition coefficient (Wildman–Crippen LogP) is 6.01. The van der Waals surface area contributed by atoms with E-state index in [4.69, 9.17) is 11.6 Å². The third-order valence-corrected chi connectivity index (χ3v) is 6.20. The number of hydrogen-bond donors (Lipinski definition) is 0. The molecule has 1 aliphatic heterocycles. The number of rotatable bonds is 5. The Kier molecular flexibility index (Phi) is 5.75. The second-order valence-corrected chi connectivity index (χ2v) is 8.28. The van der Waals surface area contributed by atoms with E-state index in [0.717, 1.165) is 22.1 Å². The molecule has 0 radical (unpaired) electrons. The zero-order chi connectivity index (χ0) is 21.3. The Bertz CT molecular complexity index is 1160. The second kappa shape index (κ2) is 8.46. The lowest BCUT2D eigenvalue weighted by Gasteiger charge is -2.15. The van der Waals surface area contributed by atoms with E-state index in [9.17, 15) is 14.0 Å². The van der Waals surface area contributed by atoms with Crippen LogP contribution in [0.25, 0.3) is 5.57 Å². The van der Waals surface area contributed by atoms with Crippen LogP contribution in [0.15, 0.2) is 77.7 Å². The van der Waals surface area contributed by atoms with Gasteiger partial charge in [-0.2, -0.15) is 0 Å². The van der Waals surface area contributed by atoms with E-state index in [1.54, 1.807) is 0 Å². The molecule has 30 heavy (non-hydrogen) atoms. The third kappa shape index (κ3) is 3.91. The maximum Gasteiger partial charge on any atom is 0.272 e. The molecule has 3 aromatic carbocycles. The summed E-state index contributed by atoms with van der Waals surface area (Å²) in [5.74, 6) is -0.936. The number of nitrogens with zero attached hydrogens (tertiary/aromatic N) is 1. The standard InChI is InChI=1S/C24H17ClFNO2S/c1-15-7-9-17(10-8-15)21-22(30-14-16-5-3-2-4-6-16)24(29)27(23(21)28)18-11-12-20(26)19(25)13-18/h2-13H,14H2,1H3. The molecular weight excluding hydrogens is 421 g/mol. The Balaban J connectivity index is 1.75. The molecule has 6 heteroatoms. The lowest BCUT2D eigenvalue weighted by molar-refractivity contribution is -0.119. The highest BCUT2D eigenvalue weighted by atomic mass is 35.5. The SMILES string of the molecule is Cc1ccc(C2=C(SCc3ccccc3)C(=O)N(c3ccc(F)c(Cl)c3)C2=O)cc1. The maximum absolute atomic E-state index is 13.6. The Hall–Kier alpha value is -2.89. The lowest BCUT2D eigenvalue weighted by Crippen LogP contribution is -2.31. The van der Waals surface area contributed by atoms with Crippen LogP contribution in [0.5, 0.6) is 0 Å². The molecule has 0 N–H and O–H groups in total. The van der Waals surface area contributed by atoms with Crippen molar-refractivity contribution in [2.24, 2.45) is 0 Å². The molecule has 1 heterocycles. The van der Waals surface area contributed by atoms with Crippen LogP contribution in [-0.4, -0.2) is 11.8 Å². The first-order chi connectivity index (χ1) is 14.5. The van der Waals surface area contributed by atoms with Crippen molar-refractivity contribution >= 4 is 46.4 Å². The minimum absolute atomic E-state index is 0.143. The molecule has 0 spiro atoms. The molecule has 150 valence electrons. The molecule has 0 unspecified atom stereocenters. The summed E-state index contributed by atoms with van der Waals surface area (Å²) in [6, 6.07) is 21.0. The Morgan fingerprint density at radius 1 is 0.933 bits per heavy atom. The van der Waals surface area contributed by atoms with E-state index in [1.807, 2.05) is 61.5 Å². The predicted molar refractivity (Wildman–Crippen MR) is 120 cm³/mol. The van der Waals surface area contributed by atoms with Crippen molar-refractivity contribution in [3.05, 3.63) is 105 Å². The summed E-state index contributed by atoms with van der Waals surface area (Å²) in [6.07, 6.45) is 0. The van der Waals surface area contributed by atoms with Crippen molar-refractivity contribution in [1.29, 1.82) is 0 Å². The van der Waals surface area contributed by atoms with Gasteiger partial charge in [0.2, 0.25) is 0 Å². The van der Waals surface area contributed by atoms with E-state index in [1.165, 1.54) is 23.9 Å². The number of anilines is 1. The van der Waals surface area contributed by atoms with Gasteiger partial charge in [0.1, 0.15) is 5.82 Å². The summed E-state index contributed by atoms with van der Waals surface area (Å²) in [7, 11) is 0. The Morgan fingerprint density at radius 3 is 2.30 bits per heavy atom. The van der Waals surface area contributed by atoms with Gasteiger partial charge in [-0.3, -0.25) is 9.59 Å². The minimum atomic E-state index is -0.607. The van der Waals surface area contributed by atoms with Gasteiger partial charge in [-0.1, -0.05) is 71.8 Å². The number of benzene rings is 3. The number of amides is 2. The first kappa shape index (κ1) is 20.4. The Morgan fingerprint density at radius 2 is 1.63 bits per heavy atom. The van der Waals surface area contributed by atoms with Crippen molar-refractivity contribution < 1.29 is 14.0 Å². The molecule has 0 fully saturated rings. The normalized spacial score (nSPS) is 14.0. The summed E-state index contributed by atoms with van der Waals surface area (Å²) >= 11 is 7.22. The van der Waals surface area contributed by atoms with Crippen molar-refractivity contribution in [1.82, 2.24) is 0 Å². The average molecular weight is 438 g/mol. The van der Waals surface area contributed by atoms with Crippen LogP contribution in [0, 0.1) is 12.7 Å². The number of carbonyl (C=O) groups excluding carboxylic acids is 2. The zero-order valence-electron chi connectivity index (χ0n) is 16.1. The van der Waals surface area contributed by atoms with Crippen molar-refractivity contribution in [2.45, 2.75) is 12.7 Å². The summed E-state index contributed by atoms with van der Waals surface area (Å²) in [6.45, 7) is 1.96. The van der Waals surface area contributed by atoms with Gasteiger partial charge in [0, 0.05) is 5.75 Å². The van der Waals surface area contributed by atoms with Crippen LogP contribution >= 0.6 is 23.4 Å². The molecule has 0 saturated heterocycles. The number of aryl methyl sites for hydroxylation is 1. The highest BCUT2D eigenvalue weighted by molar-refractivity contribution is 8.03. The molecule has 0 aromatic heterocycles. The molecule has 0 aliphatic carbocycles. The monoisotopic (exact) mass is 437 g/mol. The number of carbonyl (C=O) groups is 2. The molecular formula is C24H17ClFNO2S. The zero-order valence-corrected chi connectivity index (χ0v) is 17.6. The van der Waals surface area contributed by atoms with Crippen LogP contribution < -0.4 is 4.90 Å². The van der Waals surface area contributed by atoms with Gasteiger partial charge in [-0.15, -0.1) is 11.8 Å². The van der Waals surface area contributed by atoms with Crippen LogP contribution in [0.2, 0.25) is 5.02 Å². The Labute approximate surface area is 183 Å². The molecule has 2 amide bonds. The smallest absolute Gasteiger partial charge is 0.268 e. The molecule has 4 rings (SSSR count). The van der Waals surface area contributed by atoms with Gasteiger partial charge in [-0.05, 0) is 36.2 Å². The van der Waals surface area contributed by atoms with E-state index in [2.05, 4.69) is 0 Å². The number of hydrogen-bond acceptors (Lipinski definition) is 3. The van der Waals surface area contributed by atoms with Gasteiger partial charge in [0.15, 0.2) is 0 Å². The second-order valence-electron chi connectivity index (χ2n) is 6.89. The van der Waals surface area contributed by atoms with E-state index < -0.39 is 17.6 Å². The lowest BCUT2D eigenvalue weighted by atomic mass is 10.0. The van der Waals surface area contributed by atoms with E-state index >= 15 is 0 Å². The molecule has 0 atom stereocenters. The van der Waals surface area contributed by atoms with Crippen LogP contribution in [0.1, 0.15) is 16.7 Å². The molecule has 0 bridgehead atoms. The number of thioether (sulfide) groups is 1. The summed E-state index contributed by atoms with van der Waals surface area (Å²) in [5.41, 5.74) is 3.36. The quantitative estimate of drug-likeness (QED) is 0.459. The minimum Gasteiger partial charge on any atom is -0.268 e. The summed E-state index contributed by atoms with van der Waals surface area (Å²) < 4.78 is 13.6. The highest BCUT2D eigenvalue weighted by Crippen LogP contribution is 2.40. The van der Waals surface area contributed by atoms with Gasteiger partial charge in [0.25, 0.3) is 11.8 Å². The third-order valence-electron chi connectivity index (χ3n) is 4.77. The first-order valence-electron chi connectivity index (χ1n) is 9.27. The van der Waals surface area contributed by atoms with Gasteiger partial charge < -0.3 is 0 Å². The fraction of sp³-hybridized carbons (Fsp3) is 0.0833. The molecule has 3 aromatic rings. The molecule has 1 aliphatic rings. The van der Waals surface area contributed by atoms with Crippen molar-refractivity contribution in [2.75, 3.05) is 4.90 Å². The van der Waals surface area contributed by atoms with E-state index in [0.29, 0.717) is 21.8 Å². The van der Waals surface area contributed by atoms with Gasteiger partial charge >= 0.3 is 0 Å². The number of imide groups is 1. The molecule has 0 saturated carbocycles. The largest absolute Gasteiger partial charge is 0.272 e. The summed E-state index contributed by atoms with van der Waals surface area (Å²) in [4.78, 5) is 28.0. The summed E-state index contributed by atoms with van der Waals surface area (Å²) in [5, 5.41) is -0.143. The van der Waals surface area contributed by atoms with Gasteiger partial charge in [-0.25, -0.2) is 9.29 Å². The van der Waals surface area contributed by atoms with Crippen LogP contribution in [0.3, 0.4) is 0 Å². The van der Waals surface area contributed by atoms with Crippen LogP contribution in [0.4, 0.5) is 10.1 Å². The maximum atomic E-state index is 13.6. The van der Waals surface area contributed by atoms with Crippen molar-refractivity contribution in [3.8, 4) is 0 Å². The van der Waals surface area contributed by atoms with Crippen molar-refractivity contribution in [3.63, 3.8) is 0 Å². The first-order valence-corrected chi connectivity index (χ1v) is 10.6. The fourth-order valence-corrected chi connectivity index (χ4v) is 4.45. The van der Waals surface area contributed by atoms with Crippen LogP contribution in [-0.2, 0) is 15.3 Å². The number of halogens is 2. The topological polar surface area (TPSA) is 37.4 Å². The fourth-order valence-electron chi connectivity index (χ4n) is 3.21.